The van der Waals surface area contributed by atoms with Crippen LogP contribution in [-0.2, 0) is 11.8 Å². The first-order chi connectivity index (χ1) is 12.3. The van der Waals surface area contributed by atoms with E-state index in [1.54, 1.807) is 0 Å². The summed E-state index contributed by atoms with van der Waals surface area (Å²) < 4.78 is 16.0. The number of ketones is 1. The third kappa shape index (κ3) is 3.58. The molecule has 0 spiro atoms. The Labute approximate surface area is 147 Å². The van der Waals surface area contributed by atoms with Crippen molar-refractivity contribution in [1.29, 1.82) is 0 Å². The normalized spacial score (nSPS) is 10.3. The van der Waals surface area contributed by atoms with Gasteiger partial charge in [-0.05, 0) is 18.2 Å². The van der Waals surface area contributed by atoms with E-state index in [-0.39, 0.29) is 11.4 Å². The summed E-state index contributed by atoms with van der Waals surface area (Å²) in [7, 11) is 4.15. The van der Waals surface area contributed by atoms with Crippen molar-refractivity contribution in [2.75, 3.05) is 26.6 Å². The number of nitrogens with two attached hydrogens (primary N) is 1. The number of nitrogen functional groups attached to an aromatic ring is 1. The highest BCUT2D eigenvalue weighted by Crippen LogP contribution is 2.27. The standard InChI is InChI=1S/C16H17N3O7/c1-19-13(17)12(14(21)18-16(19)23)9(20)7-26-15(22)8-4-5-10(24-2)11(6-8)25-3/h4-6H,7,17H2,1-3H3,(H,18,21,23). The molecule has 2 aromatic rings. The van der Waals surface area contributed by atoms with Crippen LogP contribution in [0.2, 0.25) is 0 Å². The summed E-state index contributed by atoms with van der Waals surface area (Å²) in [6.07, 6.45) is 0. The van der Waals surface area contributed by atoms with Gasteiger partial charge in [-0.2, -0.15) is 0 Å². The zero-order valence-electron chi connectivity index (χ0n) is 14.3. The van der Waals surface area contributed by atoms with Gasteiger partial charge in [0.15, 0.2) is 18.1 Å². The van der Waals surface area contributed by atoms with Gasteiger partial charge in [-0.3, -0.25) is 19.1 Å². The number of Topliss-reactive ketones (excluding diaryl/α,β-unsaturated/α-hetero) is 1. The molecule has 10 heteroatoms. The number of methoxy groups -OCH3 is 2. The molecule has 26 heavy (non-hydrogen) atoms. The fourth-order valence-electron chi connectivity index (χ4n) is 2.16. The van der Waals surface area contributed by atoms with Crippen LogP contribution in [0, 0.1) is 0 Å². The molecule has 2 rings (SSSR count). The monoisotopic (exact) mass is 363 g/mol. The Hall–Kier alpha value is -3.56. The third-order valence-corrected chi connectivity index (χ3v) is 3.60. The van der Waals surface area contributed by atoms with Gasteiger partial charge in [-0.1, -0.05) is 0 Å². The van der Waals surface area contributed by atoms with E-state index in [9.17, 15) is 19.2 Å². The number of aromatic amines is 1. The second kappa shape index (κ2) is 7.55. The van der Waals surface area contributed by atoms with Crippen molar-refractivity contribution in [3.05, 3.63) is 50.2 Å². The second-order valence-corrected chi connectivity index (χ2v) is 5.15. The number of hydrogen-bond donors (Lipinski definition) is 2. The van der Waals surface area contributed by atoms with E-state index in [1.165, 1.54) is 39.5 Å². The number of aromatic nitrogens is 2. The van der Waals surface area contributed by atoms with E-state index in [2.05, 4.69) is 0 Å². The maximum atomic E-state index is 12.2. The molecule has 0 atom stereocenters. The number of ether oxygens (including phenoxy) is 3. The average Bonchev–Trinajstić information content (AvgIpc) is 2.63. The molecule has 1 aromatic carbocycles. The Morgan fingerprint density at radius 2 is 1.81 bits per heavy atom. The van der Waals surface area contributed by atoms with Gasteiger partial charge < -0.3 is 19.9 Å². The summed E-state index contributed by atoms with van der Waals surface area (Å²) in [5, 5.41) is 0. The lowest BCUT2D eigenvalue weighted by Gasteiger charge is -2.10. The van der Waals surface area contributed by atoms with Crippen molar-refractivity contribution < 1.29 is 23.8 Å². The smallest absolute Gasteiger partial charge is 0.338 e. The molecular formula is C16H17N3O7. The molecule has 0 unspecified atom stereocenters. The van der Waals surface area contributed by atoms with E-state index in [0.29, 0.717) is 11.5 Å². The van der Waals surface area contributed by atoms with E-state index in [0.717, 1.165) is 4.57 Å². The van der Waals surface area contributed by atoms with Gasteiger partial charge in [0.25, 0.3) is 5.56 Å². The minimum atomic E-state index is -0.947. The molecule has 10 nitrogen and oxygen atoms in total. The largest absolute Gasteiger partial charge is 0.493 e. The minimum absolute atomic E-state index is 0.123. The molecule has 0 radical (unpaired) electrons. The Bertz CT molecular complexity index is 975. The number of esters is 1. The van der Waals surface area contributed by atoms with Crippen LogP contribution in [0.25, 0.3) is 0 Å². The van der Waals surface area contributed by atoms with Crippen molar-refractivity contribution in [3.63, 3.8) is 0 Å². The first-order valence-electron chi connectivity index (χ1n) is 7.31. The van der Waals surface area contributed by atoms with Gasteiger partial charge in [0.05, 0.1) is 19.8 Å². The Balaban J connectivity index is 2.18. The summed E-state index contributed by atoms with van der Waals surface area (Å²) >= 11 is 0. The zero-order valence-corrected chi connectivity index (χ0v) is 14.3. The van der Waals surface area contributed by atoms with Gasteiger partial charge in [-0.15, -0.1) is 0 Å². The quantitative estimate of drug-likeness (QED) is 0.527. The minimum Gasteiger partial charge on any atom is -0.493 e. The molecule has 3 N–H and O–H groups in total. The van der Waals surface area contributed by atoms with Crippen LogP contribution in [0.1, 0.15) is 20.7 Å². The molecule has 1 aromatic heterocycles. The van der Waals surface area contributed by atoms with Crippen molar-refractivity contribution in [2.45, 2.75) is 0 Å². The van der Waals surface area contributed by atoms with E-state index < -0.39 is 35.2 Å². The first kappa shape index (κ1) is 18.8. The van der Waals surface area contributed by atoms with Crippen molar-refractivity contribution in [2.24, 2.45) is 7.05 Å². The SMILES string of the molecule is COc1ccc(C(=O)OCC(=O)c2c(N)n(C)c(=O)[nH]c2=O)cc1OC. The highest BCUT2D eigenvalue weighted by Gasteiger charge is 2.20. The molecule has 1 heterocycles. The number of nitrogens with zero attached hydrogens (tertiary/aromatic N) is 1. The van der Waals surface area contributed by atoms with Crippen LogP contribution in [0.5, 0.6) is 11.5 Å². The number of hydrogen-bond acceptors (Lipinski definition) is 8. The maximum absolute atomic E-state index is 12.2. The molecule has 0 aliphatic rings. The lowest BCUT2D eigenvalue weighted by atomic mass is 10.2. The lowest BCUT2D eigenvalue weighted by Crippen LogP contribution is -2.35. The Kier molecular flexibility index (Phi) is 5.45. The summed E-state index contributed by atoms with van der Waals surface area (Å²) in [5.41, 5.74) is 3.59. The number of benzene rings is 1. The summed E-state index contributed by atoms with van der Waals surface area (Å²) in [4.78, 5) is 49.4. The molecule has 138 valence electrons. The molecule has 0 aliphatic carbocycles. The van der Waals surface area contributed by atoms with Crippen LogP contribution in [0.3, 0.4) is 0 Å². The van der Waals surface area contributed by atoms with E-state index in [1.807, 2.05) is 4.98 Å². The maximum Gasteiger partial charge on any atom is 0.338 e. The molecular weight excluding hydrogens is 346 g/mol. The lowest BCUT2D eigenvalue weighted by molar-refractivity contribution is 0.0474. The van der Waals surface area contributed by atoms with Crippen molar-refractivity contribution in [3.8, 4) is 11.5 Å². The molecule has 0 saturated carbocycles. The Morgan fingerprint density at radius 3 is 2.42 bits per heavy atom. The van der Waals surface area contributed by atoms with Crippen LogP contribution in [0.15, 0.2) is 27.8 Å². The van der Waals surface area contributed by atoms with Gasteiger partial charge in [-0.25, -0.2) is 9.59 Å². The van der Waals surface area contributed by atoms with Crippen molar-refractivity contribution >= 4 is 17.6 Å². The Morgan fingerprint density at radius 1 is 1.15 bits per heavy atom. The number of H-pyrrole nitrogens is 1. The average molecular weight is 363 g/mol. The third-order valence-electron chi connectivity index (χ3n) is 3.60. The number of rotatable bonds is 6. The van der Waals surface area contributed by atoms with Gasteiger partial charge in [0.1, 0.15) is 11.4 Å². The topological polar surface area (TPSA) is 143 Å². The molecule has 0 saturated heterocycles. The summed E-state index contributed by atoms with van der Waals surface area (Å²) in [6.45, 7) is -0.724. The molecule has 0 amide bonds. The van der Waals surface area contributed by atoms with E-state index >= 15 is 0 Å². The highest BCUT2D eigenvalue weighted by molar-refractivity contribution is 6.02. The van der Waals surface area contributed by atoms with Crippen LogP contribution in [0.4, 0.5) is 5.82 Å². The second-order valence-electron chi connectivity index (χ2n) is 5.15. The highest BCUT2D eigenvalue weighted by atomic mass is 16.5. The van der Waals surface area contributed by atoms with Crippen LogP contribution in [-0.4, -0.2) is 42.1 Å². The van der Waals surface area contributed by atoms with Crippen LogP contribution >= 0.6 is 0 Å². The predicted octanol–water partition coefficient (Wildman–Crippen LogP) is -0.287. The number of nitrogens with one attached hydrogen (secondary N) is 1. The fourth-order valence-corrected chi connectivity index (χ4v) is 2.16. The molecule has 0 fully saturated rings. The van der Waals surface area contributed by atoms with Gasteiger partial charge >= 0.3 is 11.7 Å². The van der Waals surface area contributed by atoms with E-state index in [4.69, 9.17) is 19.9 Å². The first-order valence-corrected chi connectivity index (χ1v) is 7.31. The number of anilines is 1. The van der Waals surface area contributed by atoms with Crippen LogP contribution < -0.4 is 26.5 Å². The number of carbonyl (C=O) groups is 2. The predicted molar refractivity (Wildman–Crippen MR) is 90.9 cm³/mol. The number of carbonyl (C=O) groups excluding carboxylic acids is 2. The summed E-state index contributed by atoms with van der Waals surface area (Å²) in [5.74, 6) is -1.23. The molecule has 0 bridgehead atoms. The summed E-state index contributed by atoms with van der Waals surface area (Å²) in [6, 6.07) is 4.33. The van der Waals surface area contributed by atoms with Gasteiger partial charge in [0.2, 0.25) is 5.78 Å². The fraction of sp³-hybridized carbons (Fsp3) is 0.250. The van der Waals surface area contributed by atoms with Crippen molar-refractivity contribution in [1.82, 2.24) is 9.55 Å². The zero-order chi connectivity index (χ0) is 19.4. The van der Waals surface area contributed by atoms with Gasteiger partial charge in [0, 0.05) is 7.05 Å². The molecule has 0 aliphatic heterocycles.